The molecule has 5 nitrogen and oxygen atoms in total. The van der Waals surface area contributed by atoms with E-state index >= 15 is 0 Å². The van der Waals surface area contributed by atoms with Gasteiger partial charge in [-0.3, -0.25) is 14.7 Å². The minimum Gasteiger partial charge on any atom is -0.507 e. The minimum atomic E-state index is -0.774. The molecule has 0 spiro atoms. The Morgan fingerprint density at radius 3 is 2.86 bits per heavy atom. The first kappa shape index (κ1) is 15.7. The number of para-hydroxylation sites is 1. The van der Waals surface area contributed by atoms with Gasteiger partial charge in [0.2, 0.25) is 0 Å². The normalized spacial score (nSPS) is 28.8. The van der Waals surface area contributed by atoms with E-state index < -0.39 is 12.0 Å². The van der Waals surface area contributed by atoms with E-state index in [4.69, 9.17) is 4.99 Å². The number of phenols is 1. The Kier molecular flexibility index (Phi) is 4.38. The van der Waals surface area contributed by atoms with E-state index in [1.165, 1.54) is 0 Å². The molecular formula is C15H18N2O3S2. The van der Waals surface area contributed by atoms with Gasteiger partial charge in [-0.05, 0) is 25.6 Å². The van der Waals surface area contributed by atoms with Crippen LogP contribution in [-0.4, -0.2) is 62.1 Å². The van der Waals surface area contributed by atoms with Gasteiger partial charge in [-0.25, -0.2) is 0 Å². The van der Waals surface area contributed by atoms with Crippen molar-refractivity contribution in [3.63, 3.8) is 0 Å². The van der Waals surface area contributed by atoms with Crippen LogP contribution in [0.25, 0.3) is 0 Å². The molecule has 7 heteroatoms. The molecule has 3 atom stereocenters. The van der Waals surface area contributed by atoms with Gasteiger partial charge in [-0.2, -0.15) is 0 Å². The second kappa shape index (κ2) is 6.14. The minimum absolute atomic E-state index is 0.0549. The van der Waals surface area contributed by atoms with Gasteiger partial charge < -0.3 is 10.2 Å². The number of benzene rings is 1. The molecule has 0 aliphatic carbocycles. The highest BCUT2D eigenvalue weighted by Gasteiger charge is 2.41. The van der Waals surface area contributed by atoms with Gasteiger partial charge in [0, 0.05) is 17.1 Å². The topological polar surface area (TPSA) is 73.1 Å². The maximum Gasteiger partial charge on any atom is 0.321 e. The molecular weight excluding hydrogens is 320 g/mol. The lowest BCUT2D eigenvalue weighted by Gasteiger charge is -2.24. The Bertz CT molecular complexity index is 635. The molecule has 1 aromatic carbocycles. The summed E-state index contributed by atoms with van der Waals surface area (Å²) in [5.41, 5.74) is 1.61. The number of carboxylic acids is 1. The lowest BCUT2D eigenvalue weighted by Crippen LogP contribution is -2.42. The predicted molar refractivity (Wildman–Crippen MR) is 91.1 cm³/mol. The van der Waals surface area contributed by atoms with Crippen LogP contribution in [0.3, 0.4) is 0 Å². The molecule has 22 heavy (non-hydrogen) atoms. The maximum atomic E-state index is 11.2. The van der Waals surface area contributed by atoms with Crippen molar-refractivity contribution in [2.75, 3.05) is 18.6 Å². The molecule has 1 fully saturated rings. The third-order valence-corrected chi connectivity index (χ3v) is 6.68. The van der Waals surface area contributed by atoms with Crippen molar-refractivity contribution in [2.45, 2.75) is 24.4 Å². The molecule has 0 amide bonds. The number of rotatable bonds is 3. The lowest BCUT2D eigenvalue weighted by molar-refractivity contribution is -0.141. The van der Waals surface area contributed by atoms with Crippen molar-refractivity contribution in [2.24, 2.45) is 4.99 Å². The molecule has 1 aromatic rings. The first-order valence-corrected chi connectivity index (χ1v) is 9.08. The second-order valence-corrected chi connectivity index (χ2v) is 7.69. The van der Waals surface area contributed by atoms with E-state index in [0.29, 0.717) is 5.75 Å². The van der Waals surface area contributed by atoms with Crippen molar-refractivity contribution >= 4 is 34.5 Å². The number of aromatic hydroxyl groups is 1. The van der Waals surface area contributed by atoms with Crippen molar-refractivity contribution < 1.29 is 15.0 Å². The average Bonchev–Trinajstić information content (AvgIpc) is 3.08. The largest absolute Gasteiger partial charge is 0.507 e. The van der Waals surface area contributed by atoms with Crippen LogP contribution in [0.15, 0.2) is 23.2 Å². The molecule has 0 saturated carbocycles. The summed E-state index contributed by atoms with van der Waals surface area (Å²) in [6.45, 7) is 1.87. The zero-order valence-electron chi connectivity index (χ0n) is 12.4. The first-order chi connectivity index (χ1) is 10.5. The van der Waals surface area contributed by atoms with Gasteiger partial charge in [0.05, 0.1) is 11.4 Å². The van der Waals surface area contributed by atoms with Crippen LogP contribution in [0.5, 0.6) is 5.75 Å². The van der Waals surface area contributed by atoms with Crippen molar-refractivity contribution in [1.82, 2.24) is 4.90 Å². The number of carbonyl (C=O) groups is 1. The van der Waals surface area contributed by atoms with Gasteiger partial charge in [0.1, 0.15) is 16.8 Å². The quantitative estimate of drug-likeness (QED) is 0.878. The second-order valence-electron chi connectivity index (χ2n) is 5.53. The maximum absolute atomic E-state index is 11.2. The smallest absolute Gasteiger partial charge is 0.321 e. The fraction of sp³-hybridized carbons (Fsp3) is 0.467. The molecule has 0 unspecified atom stereocenters. The van der Waals surface area contributed by atoms with Gasteiger partial charge >= 0.3 is 5.97 Å². The number of aliphatic carboxylic acids is 1. The Balaban J connectivity index is 1.80. The van der Waals surface area contributed by atoms with Crippen LogP contribution < -0.4 is 0 Å². The monoisotopic (exact) mass is 338 g/mol. The van der Waals surface area contributed by atoms with Crippen molar-refractivity contribution in [1.29, 1.82) is 0 Å². The summed E-state index contributed by atoms with van der Waals surface area (Å²) in [4.78, 5) is 17.9. The SMILES string of the molecule is Cc1cccc(C2=N[C@@H]([C@@H]3SC[C@H](C(=O)O)N3C)CS2)c1O. The van der Waals surface area contributed by atoms with Gasteiger partial charge in [-0.15, -0.1) is 23.5 Å². The highest BCUT2D eigenvalue weighted by atomic mass is 32.2. The zero-order chi connectivity index (χ0) is 15.9. The molecule has 2 aliphatic heterocycles. The number of aryl methyl sites for hydroxylation is 1. The van der Waals surface area contributed by atoms with Crippen LogP contribution in [0.2, 0.25) is 0 Å². The van der Waals surface area contributed by atoms with E-state index in [0.717, 1.165) is 21.9 Å². The van der Waals surface area contributed by atoms with Gasteiger partial charge in [-0.1, -0.05) is 12.1 Å². The molecule has 3 rings (SSSR count). The van der Waals surface area contributed by atoms with Gasteiger partial charge in [0.15, 0.2) is 0 Å². The highest BCUT2D eigenvalue weighted by Crippen LogP contribution is 2.38. The predicted octanol–water partition coefficient (Wildman–Crippen LogP) is 2.02. The first-order valence-electron chi connectivity index (χ1n) is 7.05. The Hall–Kier alpha value is -1.18. The summed E-state index contributed by atoms with van der Waals surface area (Å²) < 4.78 is 0. The summed E-state index contributed by atoms with van der Waals surface area (Å²) >= 11 is 3.28. The summed E-state index contributed by atoms with van der Waals surface area (Å²) in [7, 11) is 1.85. The third kappa shape index (κ3) is 2.73. The number of likely N-dealkylation sites (N-methyl/N-ethyl adjacent to an activating group) is 1. The number of carboxylic acid groups (broad SMARTS) is 1. The zero-order valence-corrected chi connectivity index (χ0v) is 14.0. The van der Waals surface area contributed by atoms with E-state index in [2.05, 4.69) is 0 Å². The summed E-state index contributed by atoms with van der Waals surface area (Å²) in [6, 6.07) is 5.28. The molecule has 1 saturated heterocycles. The van der Waals surface area contributed by atoms with E-state index in [1.807, 2.05) is 37.1 Å². The fourth-order valence-electron chi connectivity index (χ4n) is 2.74. The molecule has 0 bridgehead atoms. The van der Waals surface area contributed by atoms with Gasteiger partial charge in [0.25, 0.3) is 0 Å². The number of phenolic OH excluding ortho intramolecular Hbond substituents is 1. The van der Waals surface area contributed by atoms with Crippen molar-refractivity contribution in [3.05, 3.63) is 29.3 Å². The number of aliphatic imine (C=N–C) groups is 1. The van der Waals surface area contributed by atoms with Crippen molar-refractivity contribution in [3.8, 4) is 5.75 Å². The molecule has 2 heterocycles. The van der Waals surface area contributed by atoms with Crippen LogP contribution in [0.4, 0.5) is 0 Å². The Labute approximate surface area is 137 Å². The molecule has 2 aliphatic rings. The van der Waals surface area contributed by atoms with E-state index in [-0.39, 0.29) is 17.2 Å². The summed E-state index contributed by atoms with van der Waals surface area (Å²) in [5.74, 6) is 0.920. The summed E-state index contributed by atoms with van der Waals surface area (Å²) in [6.07, 6.45) is 0. The van der Waals surface area contributed by atoms with E-state index in [1.54, 1.807) is 23.5 Å². The lowest BCUT2D eigenvalue weighted by atomic mass is 10.1. The number of nitrogens with zero attached hydrogens (tertiary/aromatic N) is 2. The highest BCUT2D eigenvalue weighted by molar-refractivity contribution is 8.14. The molecule has 118 valence electrons. The molecule has 0 aromatic heterocycles. The Morgan fingerprint density at radius 1 is 1.41 bits per heavy atom. The Morgan fingerprint density at radius 2 is 2.18 bits per heavy atom. The van der Waals surface area contributed by atoms with Crippen LogP contribution in [-0.2, 0) is 4.79 Å². The summed E-state index contributed by atoms with van der Waals surface area (Å²) in [5, 5.41) is 20.3. The molecule has 2 N–H and O–H groups in total. The number of hydrogen-bond donors (Lipinski definition) is 2. The third-order valence-electron chi connectivity index (χ3n) is 4.07. The average molecular weight is 338 g/mol. The number of hydrogen-bond acceptors (Lipinski definition) is 6. The van der Waals surface area contributed by atoms with Crippen LogP contribution >= 0.6 is 23.5 Å². The molecule has 0 radical (unpaired) electrons. The fourth-order valence-corrected chi connectivity index (χ4v) is 5.50. The van der Waals surface area contributed by atoms with Crippen LogP contribution in [0.1, 0.15) is 11.1 Å². The van der Waals surface area contributed by atoms with E-state index in [9.17, 15) is 15.0 Å². The standard InChI is InChI=1S/C15H18N2O3S2/c1-8-4-3-5-9(12(8)18)13-16-10(6-21-13)14-17(2)11(7-22-14)15(19)20/h3-5,10-11,14,18H,6-7H2,1-2H3,(H,19,20)/t10-,11-,14+/m1/s1. The number of thioether (sulfide) groups is 2. The van der Waals surface area contributed by atoms with Crippen LogP contribution in [0, 0.1) is 6.92 Å².